The zero-order chi connectivity index (χ0) is 14.1. The van der Waals surface area contributed by atoms with Crippen molar-refractivity contribution in [2.75, 3.05) is 7.11 Å². The van der Waals surface area contributed by atoms with Crippen LogP contribution in [0.5, 0.6) is 5.75 Å². The summed E-state index contributed by atoms with van der Waals surface area (Å²) in [6.07, 6.45) is 2.39. The molecule has 0 fully saturated rings. The third-order valence-corrected chi connectivity index (χ3v) is 2.59. The Hall–Kier alpha value is -1.95. The molecule has 102 valence electrons. The molecule has 0 aliphatic heterocycles. The number of hydrogen-bond acceptors (Lipinski definition) is 3. The molecule has 1 unspecified atom stereocenters. The smallest absolute Gasteiger partial charge is 0.304 e. The fraction of sp³-hybridized carbons (Fsp3) is 0.438. The summed E-state index contributed by atoms with van der Waals surface area (Å²) in [5.74, 6) is 6.40. The molecule has 0 aliphatic carbocycles. The molecule has 3 heteroatoms. The largest absolute Gasteiger partial charge is 0.496 e. The molecule has 0 spiro atoms. The standard InChI is InChI=1S/C16H20O3/c1-4-5-6-7-12-16(19-13(2)17)14-10-8-9-11-15(14)18-3/h8-11,16H,4-6H2,1-3H3. The minimum atomic E-state index is -0.564. The molecule has 1 aromatic rings. The maximum atomic E-state index is 11.2. The van der Waals surface area contributed by atoms with Crippen molar-refractivity contribution in [2.24, 2.45) is 0 Å². The van der Waals surface area contributed by atoms with E-state index in [4.69, 9.17) is 9.47 Å². The summed E-state index contributed by atoms with van der Waals surface area (Å²) in [5.41, 5.74) is 0.782. The first-order chi connectivity index (χ1) is 9.19. The van der Waals surface area contributed by atoms with Crippen LogP contribution in [0.15, 0.2) is 24.3 Å². The molecule has 1 rings (SSSR count). The maximum Gasteiger partial charge on any atom is 0.304 e. The zero-order valence-electron chi connectivity index (χ0n) is 11.7. The summed E-state index contributed by atoms with van der Waals surface area (Å²) in [7, 11) is 1.59. The van der Waals surface area contributed by atoms with Gasteiger partial charge in [0, 0.05) is 18.9 Å². The predicted molar refractivity (Wildman–Crippen MR) is 74.8 cm³/mol. The third-order valence-electron chi connectivity index (χ3n) is 2.59. The second-order valence-corrected chi connectivity index (χ2v) is 4.16. The molecule has 1 atom stereocenters. The number of hydrogen-bond donors (Lipinski definition) is 0. The third kappa shape index (κ3) is 5.05. The van der Waals surface area contributed by atoms with Crippen LogP contribution in [0, 0.1) is 11.8 Å². The van der Waals surface area contributed by atoms with E-state index in [1.54, 1.807) is 7.11 Å². The molecule has 0 saturated heterocycles. The van der Waals surface area contributed by atoms with Gasteiger partial charge in [-0.05, 0) is 12.5 Å². The fourth-order valence-corrected chi connectivity index (χ4v) is 1.65. The van der Waals surface area contributed by atoms with E-state index < -0.39 is 6.10 Å². The predicted octanol–water partition coefficient (Wildman–Crippen LogP) is 3.49. The van der Waals surface area contributed by atoms with E-state index in [0.29, 0.717) is 5.75 Å². The van der Waals surface area contributed by atoms with Crippen LogP contribution in [0.25, 0.3) is 0 Å². The average Bonchev–Trinajstić information content (AvgIpc) is 2.42. The number of para-hydroxylation sites is 1. The Bertz CT molecular complexity index is 468. The van der Waals surface area contributed by atoms with E-state index in [9.17, 15) is 4.79 Å². The van der Waals surface area contributed by atoms with Crippen molar-refractivity contribution in [3.05, 3.63) is 29.8 Å². The van der Waals surface area contributed by atoms with Crippen molar-refractivity contribution in [3.63, 3.8) is 0 Å². The highest BCUT2D eigenvalue weighted by atomic mass is 16.5. The molecule has 3 nitrogen and oxygen atoms in total. The van der Waals surface area contributed by atoms with Gasteiger partial charge >= 0.3 is 5.97 Å². The number of carbonyl (C=O) groups is 1. The van der Waals surface area contributed by atoms with Crippen molar-refractivity contribution in [3.8, 4) is 17.6 Å². The molecule has 0 N–H and O–H groups in total. The first-order valence-electron chi connectivity index (χ1n) is 6.47. The van der Waals surface area contributed by atoms with E-state index >= 15 is 0 Å². The van der Waals surface area contributed by atoms with Crippen LogP contribution in [0.4, 0.5) is 0 Å². The van der Waals surface area contributed by atoms with Crippen molar-refractivity contribution < 1.29 is 14.3 Å². The molecular weight excluding hydrogens is 240 g/mol. The number of carbonyl (C=O) groups excluding carboxylic acids is 1. The lowest BCUT2D eigenvalue weighted by molar-refractivity contribution is -0.144. The summed E-state index contributed by atoms with van der Waals surface area (Å²) < 4.78 is 10.5. The first kappa shape index (κ1) is 15.1. The van der Waals surface area contributed by atoms with Gasteiger partial charge in [0.25, 0.3) is 0 Å². The second kappa shape index (κ2) is 8.20. The van der Waals surface area contributed by atoms with Crippen molar-refractivity contribution in [1.82, 2.24) is 0 Å². The Morgan fingerprint density at radius 1 is 1.37 bits per heavy atom. The number of methoxy groups -OCH3 is 1. The van der Waals surface area contributed by atoms with Crippen LogP contribution in [0.2, 0.25) is 0 Å². The van der Waals surface area contributed by atoms with Gasteiger partial charge in [-0.15, -0.1) is 0 Å². The second-order valence-electron chi connectivity index (χ2n) is 4.16. The summed E-state index contributed by atoms with van der Waals surface area (Å²) in [4.78, 5) is 11.2. The highest BCUT2D eigenvalue weighted by Crippen LogP contribution is 2.27. The van der Waals surface area contributed by atoms with Crippen LogP contribution >= 0.6 is 0 Å². The van der Waals surface area contributed by atoms with Crippen molar-refractivity contribution in [1.29, 1.82) is 0 Å². The van der Waals surface area contributed by atoms with Crippen LogP contribution in [0.3, 0.4) is 0 Å². The van der Waals surface area contributed by atoms with Gasteiger partial charge in [0.15, 0.2) is 6.10 Å². The summed E-state index contributed by atoms with van der Waals surface area (Å²) in [6, 6.07) is 7.44. The van der Waals surface area contributed by atoms with Crippen LogP contribution in [0.1, 0.15) is 44.8 Å². The van der Waals surface area contributed by atoms with Gasteiger partial charge in [-0.2, -0.15) is 0 Å². The van der Waals surface area contributed by atoms with Crippen LogP contribution in [-0.2, 0) is 9.53 Å². The molecule has 0 amide bonds. The highest BCUT2D eigenvalue weighted by Gasteiger charge is 2.16. The number of esters is 1. The molecule has 0 saturated carbocycles. The van der Waals surface area contributed by atoms with Crippen LogP contribution < -0.4 is 4.74 Å². The quantitative estimate of drug-likeness (QED) is 0.462. The monoisotopic (exact) mass is 260 g/mol. The van der Waals surface area contributed by atoms with Gasteiger partial charge < -0.3 is 9.47 Å². The lowest BCUT2D eigenvalue weighted by atomic mass is 10.1. The summed E-state index contributed by atoms with van der Waals surface area (Å²) in [6.45, 7) is 3.50. The minimum Gasteiger partial charge on any atom is -0.496 e. The van der Waals surface area contributed by atoms with Gasteiger partial charge in [0.05, 0.1) is 7.11 Å². The lowest BCUT2D eigenvalue weighted by Crippen LogP contribution is -2.08. The van der Waals surface area contributed by atoms with E-state index in [1.165, 1.54) is 6.92 Å². The number of unbranched alkanes of at least 4 members (excludes halogenated alkanes) is 2. The Balaban J connectivity index is 2.94. The molecular formula is C16H20O3. The fourth-order valence-electron chi connectivity index (χ4n) is 1.65. The molecule has 19 heavy (non-hydrogen) atoms. The average molecular weight is 260 g/mol. The molecule has 0 aliphatic rings. The SMILES string of the molecule is CCCCC#CC(OC(C)=O)c1ccccc1OC. The minimum absolute atomic E-state index is 0.347. The van der Waals surface area contributed by atoms with Crippen LogP contribution in [-0.4, -0.2) is 13.1 Å². The molecule has 1 aromatic carbocycles. The van der Waals surface area contributed by atoms with Gasteiger partial charge in [-0.25, -0.2) is 0 Å². The van der Waals surface area contributed by atoms with E-state index in [2.05, 4.69) is 18.8 Å². The van der Waals surface area contributed by atoms with Gasteiger partial charge in [-0.3, -0.25) is 4.79 Å². The number of rotatable bonds is 5. The van der Waals surface area contributed by atoms with E-state index in [-0.39, 0.29) is 5.97 Å². The topological polar surface area (TPSA) is 35.5 Å². The Labute approximate surface area is 114 Å². The van der Waals surface area contributed by atoms with E-state index in [0.717, 1.165) is 24.8 Å². The summed E-state index contributed by atoms with van der Waals surface area (Å²) in [5, 5.41) is 0. The number of benzene rings is 1. The molecule has 0 aromatic heterocycles. The first-order valence-corrected chi connectivity index (χ1v) is 6.47. The zero-order valence-corrected chi connectivity index (χ0v) is 11.7. The van der Waals surface area contributed by atoms with Gasteiger partial charge in [0.2, 0.25) is 0 Å². The van der Waals surface area contributed by atoms with Crippen molar-refractivity contribution >= 4 is 5.97 Å². The lowest BCUT2D eigenvalue weighted by Gasteiger charge is -2.14. The normalized spacial score (nSPS) is 11.1. The Kier molecular flexibility index (Phi) is 6.52. The Morgan fingerprint density at radius 2 is 2.11 bits per heavy atom. The molecule has 0 heterocycles. The maximum absolute atomic E-state index is 11.2. The van der Waals surface area contributed by atoms with Gasteiger partial charge in [-0.1, -0.05) is 43.4 Å². The van der Waals surface area contributed by atoms with Gasteiger partial charge in [0.1, 0.15) is 5.75 Å². The number of ether oxygens (including phenoxy) is 2. The highest BCUT2D eigenvalue weighted by molar-refractivity contribution is 5.67. The van der Waals surface area contributed by atoms with E-state index in [1.807, 2.05) is 24.3 Å². The Morgan fingerprint density at radius 3 is 2.74 bits per heavy atom. The van der Waals surface area contributed by atoms with Crippen molar-refractivity contribution in [2.45, 2.75) is 39.2 Å². The summed E-state index contributed by atoms with van der Waals surface area (Å²) >= 11 is 0. The molecule has 0 radical (unpaired) electrons. The molecule has 0 bridgehead atoms.